The van der Waals surface area contributed by atoms with Crippen molar-refractivity contribution in [3.8, 4) is 0 Å². The molecule has 3 rings (SSSR count). The molecular weight excluding hydrogens is 365 g/mol. The third kappa shape index (κ3) is 4.73. The fourth-order valence-electron chi connectivity index (χ4n) is 3.24. The second-order valence-electron chi connectivity index (χ2n) is 6.75. The number of aromatic nitrogens is 2. The number of likely N-dealkylation sites (N-methyl/N-ethyl adjacent to an activating group) is 1. The van der Waals surface area contributed by atoms with Gasteiger partial charge in [0, 0.05) is 32.8 Å². The summed E-state index contributed by atoms with van der Waals surface area (Å²) < 4.78 is 14.0. The van der Waals surface area contributed by atoms with Crippen molar-refractivity contribution >= 4 is 17.8 Å². The summed E-state index contributed by atoms with van der Waals surface area (Å²) in [5, 5.41) is 11.7. The van der Waals surface area contributed by atoms with Gasteiger partial charge >= 0.3 is 12.0 Å². The molecule has 1 aliphatic heterocycles. The quantitative estimate of drug-likeness (QED) is 0.786. The average molecular weight is 387 g/mol. The van der Waals surface area contributed by atoms with Crippen LogP contribution in [0.4, 0.5) is 15.0 Å². The van der Waals surface area contributed by atoms with E-state index in [0.29, 0.717) is 18.8 Å². The lowest BCUT2D eigenvalue weighted by atomic mass is 10.1. The molecule has 2 amide bonds. The van der Waals surface area contributed by atoms with E-state index in [2.05, 4.69) is 15.3 Å². The number of carboxylic acid groups (broad SMARTS) is 1. The van der Waals surface area contributed by atoms with Crippen LogP contribution in [-0.2, 0) is 6.54 Å². The summed E-state index contributed by atoms with van der Waals surface area (Å²) in [7, 11) is 1.66. The number of nitrogens with zero attached hydrogens (tertiary/aromatic N) is 4. The molecule has 0 spiro atoms. The molecule has 1 aromatic carbocycles. The van der Waals surface area contributed by atoms with Gasteiger partial charge in [-0.2, -0.15) is 0 Å². The molecule has 1 saturated heterocycles. The maximum Gasteiger partial charge on any atom is 0.335 e. The SMILES string of the molecule is CN(C[C@@H]1C[C@H](F)CN1c1ccncn1)C(=O)NCc1ccc(C(=O)O)cc1. The largest absolute Gasteiger partial charge is 0.478 e. The molecule has 0 unspecified atom stereocenters. The van der Waals surface area contributed by atoms with Crippen LogP contribution in [0.25, 0.3) is 0 Å². The van der Waals surface area contributed by atoms with Crippen LogP contribution in [0.1, 0.15) is 22.3 Å². The van der Waals surface area contributed by atoms with Crippen LogP contribution in [0.2, 0.25) is 0 Å². The van der Waals surface area contributed by atoms with Gasteiger partial charge < -0.3 is 20.2 Å². The van der Waals surface area contributed by atoms with Crippen molar-refractivity contribution in [2.75, 3.05) is 25.0 Å². The Balaban J connectivity index is 1.55. The number of urea groups is 1. The van der Waals surface area contributed by atoms with E-state index in [4.69, 9.17) is 5.11 Å². The van der Waals surface area contributed by atoms with Crippen LogP contribution in [0.5, 0.6) is 0 Å². The third-order valence-electron chi connectivity index (χ3n) is 4.70. The zero-order valence-electron chi connectivity index (χ0n) is 15.5. The maximum absolute atomic E-state index is 14.0. The van der Waals surface area contributed by atoms with Gasteiger partial charge in [-0.15, -0.1) is 0 Å². The Morgan fingerprint density at radius 1 is 1.32 bits per heavy atom. The van der Waals surface area contributed by atoms with Crippen LogP contribution in [-0.4, -0.2) is 64.3 Å². The van der Waals surface area contributed by atoms with Crippen molar-refractivity contribution in [1.82, 2.24) is 20.2 Å². The predicted octanol–water partition coefficient (Wildman–Crippen LogP) is 1.93. The van der Waals surface area contributed by atoms with E-state index in [-0.39, 0.29) is 30.7 Å². The maximum atomic E-state index is 14.0. The van der Waals surface area contributed by atoms with Crippen molar-refractivity contribution in [3.05, 3.63) is 54.0 Å². The molecule has 0 bridgehead atoms. The minimum absolute atomic E-state index is 0.171. The van der Waals surface area contributed by atoms with E-state index in [1.165, 1.54) is 23.4 Å². The summed E-state index contributed by atoms with van der Waals surface area (Å²) in [5.41, 5.74) is 0.984. The monoisotopic (exact) mass is 387 g/mol. The van der Waals surface area contributed by atoms with Gasteiger partial charge in [-0.25, -0.2) is 23.9 Å². The first-order chi connectivity index (χ1) is 13.4. The summed E-state index contributed by atoms with van der Waals surface area (Å²) in [4.78, 5) is 34.7. The van der Waals surface area contributed by atoms with Crippen molar-refractivity contribution in [2.24, 2.45) is 0 Å². The fraction of sp³-hybridized carbons (Fsp3) is 0.368. The first-order valence-corrected chi connectivity index (χ1v) is 8.92. The fourth-order valence-corrected chi connectivity index (χ4v) is 3.24. The smallest absolute Gasteiger partial charge is 0.335 e. The topological polar surface area (TPSA) is 98.7 Å². The molecule has 2 heterocycles. The number of halogens is 1. The molecule has 1 aliphatic rings. The highest BCUT2D eigenvalue weighted by atomic mass is 19.1. The van der Waals surface area contributed by atoms with Gasteiger partial charge in [0.05, 0.1) is 18.2 Å². The standard InChI is InChI=1S/C19H22FN5O3/c1-24(19(28)22-9-13-2-4-14(5-3-13)18(26)27)11-16-8-15(20)10-25(16)17-6-7-21-12-23-17/h2-7,12,15-16H,8-11H2,1H3,(H,22,28)(H,26,27)/t15-,16-/m0/s1. The van der Waals surface area contributed by atoms with Gasteiger partial charge in [0.25, 0.3) is 0 Å². The first kappa shape index (κ1) is 19.5. The van der Waals surface area contributed by atoms with Crippen molar-refractivity contribution in [3.63, 3.8) is 0 Å². The number of nitrogens with one attached hydrogen (secondary N) is 1. The summed E-state index contributed by atoms with van der Waals surface area (Å²) in [6, 6.07) is 7.57. The lowest BCUT2D eigenvalue weighted by molar-refractivity contribution is 0.0697. The molecule has 148 valence electrons. The van der Waals surface area contributed by atoms with Crippen molar-refractivity contribution in [1.29, 1.82) is 0 Å². The Kier molecular flexibility index (Phi) is 6.03. The number of aromatic carboxylic acids is 1. The lowest BCUT2D eigenvalue weighted by Crippen LogP contribution is -2.45. The van der Waals surface area contributed by atoms with Crippen LogP contribution < -0.4 is 10.2 Å². The molecule has 0 saturated carbocycles. The zero-order valence-corrected chi connectivity index (χ0v) is 15.5. The number of rotatable bonds is 6. The molecule has 9 heteroatoms. The highest BCUT2D eigenvalue weighted by Crippen LogP contribution is 2.25. The molecule has 8 nitrogen and oxygen atoms in total. The molecule has 28 heavy (non-hydrogen) atoms. The molecule has 2 aromatic rings. The average Bonchev–Trinajstić information content (AvgIpc) is 3.07. The Hall–Kier alpha value is -3.23. The Labute approximate surface area is 162 Å². The lowest BCUT2D eigenvalue weighted by Gasteiger charge is -2.29. The Morgan fingerprint density at radius 3 is 2.71 bits per heavy atom. The van der Waals surface area contributed by atoms with Gasteiger partial charge in [-0.1, -0.05) is 12.1 Å². The molecule has 1 aromatic heterocycles. The third-order valence-corrected chi connectivity index (χ3v) is 4.70. The highest BCUT2D eigenvalue weighted by molar-refractivity contribution is 5.87. The van der Waals surface area contributed by atoms with Crippen LogP contribution in [0.3, 0.4) is 0 Å². The van der Waals surface area contributed by atoms with Gasteiger partial charge in [0.15, 0.2) is 0 Å². The van der Waals surface area contributed by atoms with E-state index in [0.717, 1.165) is 5.56 Å². The molecule has 1 fully saturated rings. The van der Waals surface area contributed by atoms with E-state index in [1.54, 1.807) is 31.4 Å². The minimum Gasteiger partial charge on any atom is -0.478 e. The van der Waals surface area contributed by atoms with E-state index in [1.807, 2.05) is 4.90 Å². The zero-order chi connectivity index (χ0) is 20.1. The number of hydrogen-bond acceptors (Lipinski definition) is 5. The predicted molar refractivity (Wildman–Crippen MR) is 101 cm³/mol. The first-order valence-electron chi connectivity index (χ1n) is 8.92. The van der Waals surface area contributed by atoms with E-state index >= 15 is 0 Å². The summed E-state index contributed by atoms with van der Waals surface area (Å²) in [6.07, 6.45) is 2.39. The van der Waals surface area contributed by atoms with Crippen molar-refractivity contribution in [2.45, 2.75) is 25.2 Å². The van der Waals surface area contributed by atoms with Gasteiger partial charge in [0.2, 0.25) is 0 Å². The van der Waals surface area contributed by atoms with Gasteiger partial charge in [-0.05, 0) is 23.8 Å². The number of benzene rings is 1. The molecule has 0 radical (unpaired) electrons. The normalized spacial score (nSPS) is 18.7. The van der Waals surface area contributed by atoms with E-state index in [9.17, 15) is 14.0 Å². The molecular formula is C19H22FN5O3. The number of carbonyl (C=O) groups is 2. The Bertz CT molecular complexity index is 818. The number of amides is 2. The second kappa shape index (κ2) is 8.64. The number of anilines is 1. The van der Waals surface area contributed by atoms with Gasteiger partial charge in [0.1, 0.15) is 18.3 Å². The summed E-state index contributed by atoms with van der Waals surface area (Å²) in [5.74, 6) is -0.348. The van der Waals surface area contributed by atoms with Crippen LogP contribution >= 0.6 is 0 Å². The summed E-state index contributed by atoms with van der Waals surface area (Å²) in [6.45, 7) is 0.871. The Morgan fingerprint density at radius 2 is 2.07 bits per heavy atom. The van der Waals surface area contributed by atoms with Crippen LogP contribution in [0, 0.1) is 0 Å². The second-order valence-corrected chi connectivity index (χ2v) is 6.75. The number of carboxylic acids is 1. The summed E-state index contributed by atoms with van der Waals surface area (Å²) >= 11 is 0. The minimum atomic E-state index is -0.994. The highest BCUT2D eigenvalue weighted by Gasteiger charge is 2.34. The van der Waals surface area contributed by atoms with Crippen LogP contribution in [0.15, 0.2) is 42.9 Å². The number of alkyl halides is 1. The van der Waals surface area contributed by atoms with Crippen molar-refractivity contribution < 1.29 is 19.1 Å². The van der Waals surface area contributed by atoms with Gasteiger partial charge in [-0.3, -0.25) is 0 Å². The molecule has 0 aliphatic carbocycles. The number of carbonyl (C=O) groups excluding carboxylic acids is 1. The molecule has 2 atom stereocenters. The molecule has 2 N–H and O–H groups in total. The number of hydrogen-bond donors (Lipinski definition) is 2. The van der Waals surface area contributed by atoms with E-state index < -0.39 is 12.1 Å².